The number of aromatic nitrogens is 5. The van der Waals surface area contributed by atoms with Gasteiger partial charge in [0.1, 0.15) is 12.2 Å². The zero-order valence-electron chi connectivity index (χ0n) is 14.5. The number of nitrogens with one attached hydrogen (secondary N) is 2. The Kier molecular flexibility index (Phi) is 5.14. The van der Waals surface area contributed by atoms with Crippen LogP contribution in [0, 0.1) is 0 Å². The van der Waals surface area contributed by atoms with Crippen molar-refractivity contribution >= 4 is 46.0 Å². The Morgan fingerprint density at radius 1 is 1.11 bits per heavy atom. The molecule has 2 aromatic heterocycles. The molecule has 2 N–H and O–H groups in total. The van der Waals surface area contributed by atoms with Gasteiger partial charge in [0.25, 0.3) is 0 Å². The van der Waals surface area contributed by atoms with Gasteiger partial charge in [-0.15, -0.1) is 5.10 Å². The van der Waals surface area contributed by atoms with E-state index in [0.717, 1.165) is 16.6 Å². The molecule has 142 valence electrons. The van der Waals surface area contributed by atoms with Gasteiger partial charge < -0.3 is 10.6 Å². The Balaban J connectivity index is 1.35. The first-order valence-corrected chi connectivity index (χ1v) is 9.13. The number of nitrogens with zero attached hydrogens (tertiary/aromatic N) is 5. The van der Waals surface area contributed by atoms with E-state index in [9.17, 15) is 4.79 Å². The third-order valence-corrected chi connectivity index (χ3v) is 4.77. The van der Waals surface area contributed by atoms with E-state index in [1.165, 1.54) is 0 Å². The number of para-hydroxylation sites is 1. The number of carbonyl (C=O) groups excluding carboxylic acids is 1. The molecule has 0 unspecified atom stereocenters. The maximum atomic E-state index is 12.1. The molecule has 0 aliphatic heterocycles. The summed E-state index contributed by atoms with van der Waals surface area (Å²) in [6, 6.07) is 12.5. The molecule has 4 aromatic rings. The van der Waals surface area contributed by atoms with Crippen LogP contribution >= 0.6 is 23.2 Å². The van der Waals surface area contributed by atoms with Gasteiger partial charge in [-0.05, 0) is 29.8 Å². The van der Waals surface area contributed by atoms with Crippen molar-refractivity contribution in [3.05, 3.63) is 70.5 Å². The third-order valence-electron chi connectivity index (χ3n) is 4.03. The highest BCUT2D eigenvalue weighted by Crippen LogP contribution is 2.22. The molecule has 0 radical (unpaired) electrons. The second-order valence-electron chi connectivity index (χ2n) is 6.04. The molecule has 0 aliphatic carbocycles. The molecule has 0 bridgehead atoms. The fraction of sp³-hybridized carbons (Fsp3) is 0.111. The molecule has 0 atom stereocenters. The van der Waals surface area contributed by atoms with Gasteiger partial charge in [0.05, 0.1) is 33.6 Å². The van der Waals surface area contributed by atoms with Gasteiger partial charge in [-0.1, -0.05) is 46.6 Å². The average Bonchev–Trinajstić information content (AvgIpc) is 3.30. The van der Waals surface area contributed by atoms with E-state index in [4.69, 9.17) is 23.2 Å². The molecule has 28 heavy (non-hydrogen) atoms. The van der Waals surface area contributed by atoms with Gasteiger partial charge >= 0.3 is 6.03 Å². The molecular weight excluding hydrogens is 401 g/mol. The van der Waals surface area contributed by atoms with Gasteiger partial charge in [-0.2, -0.15) is 5.10 Å². The fourth-order valence-corrected chi connectivity index (χ4v) is 2.99. The highest BCUT2D eigenvalue weighted by atomic mass is 35.5. The van der Waals surface area contributed by atoms with Crippen LogP contribution in [-0.2, 0) is 13.2 Å². The van der Waals surface area contributed by atoms with Crippen LogP contribution < -0.4 is 10.6 Å². The number of fused-ring (bicyclic) bond motifs is 1. The minimum atomic E-state index is -0.350. The molecule has 0 spiro atoms. The lowest BCUT2D eigenvalue weighted by Crippen LogP contribution is -2.28. The van der Waals surface area contributed by atoms with E-state index in [-0.39, 0.29) is 6.03 Å². The van der Waals surface area contributed by atoms with Gasteiger partial charge in [0, 0.05) is 6.54 Å². The third kappa shape index (κ3) is 4.08. The van der Waals surface area contributed by atoms with Crippen molar-refractivity contribution in [1.82, 2.24) is 30.1 Å². The number of rotatable bonds is 5. The summed E-state index contributed by atoms with van der Waals surface area (Å²) in [4.78, 5) is 12.1. The highest BCUT2D eigenvalue weighted by molar-refractivity contribution is 6.42. The average molecular weight is 416 g/mol. The predicted molar refractivity (Wildman–Crippen MR) is 107 cm³/mol. The summed E-state index contributed by atoms with van der Waals surface area (Å²) in [6.45, 7) is 0.703. The van der Waals surface area contributed by atoms with E-state index >= 15 is 0 Å². The molecule has 0 saturated heterocycles. The van der Waals surface area contributed by atoms with Gasteiger partial charge in [0.15, 0.2) is 0 Å². The predicted octanol–water partition coefficient (Wildman–Crippen LogP) is 3.76. The van der Waals surface area contributed by atoms with Crippen LogP contribution in [0.2, 0.25) is 10.0 Å². The lowest BCUT2D eigenvalue weighted by molar-refractivity contribution is 0.251. The number of amides is 2. The van der Waals surface area contributed by atoms with Gasteiger partial charge in [-0.3, -0.25) is 0 Å². The number of anilines is 1. The molecule has 0 aliphatic rings. The van der Waals surface area contributed by atoms with Crippen molar-refractivity contribution in [3.63, 3.8) is 0 Å². The van der Waals surface area contributed by atoms with Crippen LogP contribution in [0.3, 0.4) is 0 Å². The number of benzene rings is 2. The largest absolute Gasteiger partial charge is 0.334 e. The standard InChI is InChI=1S/C18H15Cl2N7O/c19-14-6-5-12(7-15(14)20)8-21-18(28)23-13-9-22-26(10-13)11-27-17-4-2-1-3-16(17)24-25-27/h1-7,9-10H,8,11H2,(H2,21,23,28). The second kappa shape index (κ2) is 7.87. The summed E-state index contributed by atoms with van der Waals surface area (Å²) in [6.07, 6.45) is 3.28. The van der Waals surface area contributed by atoms with E-state index < -0.39 is 0 Å². The monoisotopic (exact) mass is 415 g/mol. The van der Waals surface area contributed by atoms with Crippen molar-refractivity contribution < 1.29 is 4.79 Å². The van der Waals surface area contributed by atoms with Crippen LogP contribution in [0.4, 0.5) is 10.5 Å². The summed E-state index contributed by atoms with van der Waals surface area (Å²) in [5.41, 5.74) is 3.14. The summed E-state index contributed by atoms with van der Waals surface area (Å²) >= 11 is 11.9. The number of halogens is 2. The van der Waals surface area contributed by atoms with Crippen molar-refractivity contribution in [2.75, 3.05) is 5.32 Å². The number of hydrogen-bond donors (Lipinski definition) is 2. The fourth-order valence-electron chi connectivity index (χ4n) is 2.67. The molecule has 2 amide bonds. The van der Waals surface area contributed by atoms with Crippen LogP contribution in [0.15, 0.2) is 54.9 Å². The van der Waals surface area contributed by atoms with Crippen molar-refractivity contribution in [1.29, 1.82) is 0 Å². The van der Waals surface area contributed by atoms with Crippen LogP contribution in [0.5, 0.6) is 0 Å². The molecule has 0 saturated carbocycles. The molecule has 4 rings (SSSR count). The van der Waals surface area contributed by atoms with E-state index in [0.29, 0.717) is 28.9 Å². The topological polar surface area (TPSA) is 89.7 Å². The number of urea groups is 1. The molecule has 2 heterocycles. The van der Waals surface area contributed by atoms with E-state index in [2.05, 4.69) is 26.0 Å². The Morgan fingerprint density at radius 3 is 2.82 bits per heavy atom. The first-order chi connectivity index (χ1) is 13.6. The van der Waals surface area contributed by atoms with E-state index in [1.54, 1.807) is 40.0 Å². The Morgan fingerprint density at radius 2 is 1.96 bits per heavy atom. The maximum absolute atomic E-state index is 12.1. The Labute approximate surface area is 170 Å². The van der Waals surface area contributed by atoms with Crippen molar-refractivity contribution in [3.8, 4) is 0 Å². The normalized spacial score (nSPS) is 10.9. The zero-order valence-corrected chi connectivity index (χ0v) is 16.0. The molecule has 2 aromatic carbocycles. The first-order valence-electron chi connectivity index (χ1n) is 8.38. The smallest absolute Gasteiger partial charge is 0.319 e. The quantitative estimate of drug-likeness (QED) is 0.519. The van der Waals surface area contributed by atoms with Crippen LogP contribution in [0.25, 0.3) is 11.0 Å². The van der Waals surface area contributed by atoms with Crippen molar-refractivity contribution in [2.45, 2.75) is 13.2 Å². The molecule has 8 nitrogen and oxygen atoms in total. The minimum Gasteiger partial charge on any atom is -0.334 e. The number of carbonyl (C=O) groups is 1. The summed E-state index contributed by atoms with van der Waals surface area (Å²) < 4.78 is 3.40. The zero-order chi connectivity index (χ0) is 19.5. The second-order valence-corrected chi connectivity index (χ2v) is 6.86. The highest BCUT2D eigenvalue weighted by Gasteiger charge is 2.08. The van der Waals surface area contributed by atoms with Gasteiger partial charge in [-0.25, -0.2) is 14.2 Å². The first kappa shape index (κ1) is 18.3. The van der Waals surface area contributed by atoms with Crippen molar-refractivity contribution in [2.24, 2.45) is 0 Å². The minimum absolute atomic E-state index is 0.321. The molecular formula is C18H15Cl2N7O. The SMILES string of the molecule is O=C(NCc1ccc(Cl)c(Cl)c1)Nc1cnn(Cn2nnc3ccccc32)c1. The lowest BCUT2D eigenvalue weighted by Gasteiger charge is -2.07. The maximum Gasteiger partial charge on any atom is 0.319 e. The lowest BCUT2D eigenvalue weighted by atomic mass is 10.2. The van der Waals surface area contributed by atoms with Crippen LogP contribution in [0.1, 0.15) is 5.56 Å². The Hall–Kier alpha value is -3.10. The van der Waals surface area contributed by atoms with Crippen LogP contribution in [-0.4, -0.2) is 30.8 Å². The van der Waals surface area contributed by atoms with E-state index in [1.807, 2.05) is 24.3 Å². The number of hydrogen-bond acceptors (Lipinski definition) is 4. The molecule has 10 heteroatoms. The summed E-state index contributed by atoms with van der Waals surface area (Å²) in [5, 5.41) is 18.9. The van der Waals surface area contributed by atoms with Gasteiger partial charge in [0.2, 0.25) is 0 Å². The molecule has 0 fully saturated rings. The summed E-state index contributed by atoms with van der Waals surface area (Å²) in [5.74, 6) is 0. The Bertz CT molecular complexity index is 1140. The summed E-state index contributed by atoms with van der Waals surface area (Å²) in [7, 11) is 0.